The molecule has 0 atom stereocenters. The Hall–Kier alpha value is -4.25. The average molecular weight is 465 g/mol. The van der Waals surface area contributed by atoms with E-state index in [4.69, 9.17) is 18.9 Å². The van der Waals surface area contributed by atoms with Crippen LogP contribution >= 0.6 is 0 Å². The molecule has 5 rings (SSSR count). The molecule has 3 aromatic rings. The van der Waals surface area contributed by atoms with Gasteiger partial charge in [-0.05, 0) is 24.6 Å². The molecule has 0 bridgehead atoms. The highest BCUT2D eigenvalue weighted by Gasteiger charge is 2.43. The summed E-state index contributed by atoms with van der Waals surface area (Å²) >= 11 is 0. The monoisotopic (exact) mass is 465 g/mol. The van der Waals surface area contributed by atoms with Crippen LogP contribution in [0.3, 0.4) is 0 Å². The minimum absolute atomic E-state index is 0.00501. The van der Waals surface area contributed by atoms with Gasteiger partial charge in [-0.25, -0.2) is 9.97 Å². The van der Waals surface area contributed by atoms with Gasteiger partial charge in [0, 0.05) is 19.0 Å². The van der Waals surface area contributed by atoms with E-state index in [1.54, 1.807) is 25.1 Å². The van der Waals surface area contributed by atoms with Crippen LogP contribution in [0.15, 0.2) is 30.6 Å². The predicted octanol–water partition coefficient (Wildman–Crippen LogP) is 2.19. The Kier molecular flexibility index (Phi) is 5.46. The number of aromatic nitrogens is 2. The number of esters is 1. The molecule has 0 unspecified atom stereocenters. The van der Waals surface area contributed by atoms with E-state index in [1.807, 2.05) is 0 Å². The summed E-state index contributed by atoms with van der Waals surface area (Å²) in [6.45, 7) is 2.34. The van der Waals surface area contributed by atoms with Crippen molar-refractivity contribution < 1.29 is 38.4 Å². The molecule has 3 heterocycles. The van der Waals surface area contributed by atoms with Crippen LogP contribution in [-0.2, 0) is 16.1 Å². The van der Waals surface area contributed by atoms with Gasteiger partial charge in [0.2, 0.25) is 6.79 Å². The minimum Gasteiger partial charge on any atom is -0.505 e. The Morgan fingerprint density at radius 1 is 1.09 bits per heavy atom. The Morgan fingerprint density at radius 2 is 1.82 bits per heavy atom. The Bertz CT molecular complexity index is 1340. The van der Waals surface area contributed by atoms with Crippen LogP contribution in [0, 0.1) is 0 Å². The molecule has 2 aromatic carbocycles. The zero-order valence-electron chi connectivity index (χ0n) is 18.1. The molecule has 0 fully saturated rings. The number of fused-ring (bicyclic) bond motifs is 3. The summed E-state index contributed by atoms with van der Waals surface area (Å²) in [6, 6.07) is 5.05. The standard InChI is InChI=1S/C23H19N3O8/c1-2-31-8-5-15(27)34-21-17-16(20(28)18-19(21)25-7-6-24-18)22(29)26(23(17)30)10-12-3-4-13-14(9-12)33-11-32-13/h3-4,6-7,9,28H,2,5,8,10-11H2,1H3. The molecule has 174 valence electrons. The van der Waals surface area contributed by atoms with Gasteiger partial charge >= 0.3 is 5.97 Å². The van der Waals surface area contributed by atoms with Crippen LogP contribution in [0.1, 0.15) is 39.6 Å². The van der Waals surface area contributed by atoms with E-state index in [2.05, 4.69) is 9.97 Å². The van der Waals surface area contributed by atoms with E-state index in [0.29, 0.717) is 23.7 Å². The topological polar surface area (TPSA) is 137 Å². The number of nitrogens with zero attached hydrogens (tertiary/aromatic N) is 3. The van der Waals surface area contributed by atoms with Gasteiger partial charge in [-0.2, -0.15) is 0 Å². The summed E-state index contributed by atoms with van der Waals surface area (Å²) in [5, 5.41) is 10.8. The fourth-order valence-electron chi connectivity index (χ4n) is 3.85. The first-order valence-corrected chi connectivity index (χ1v) is 10.5. The molecule has 2 aliphatic rings. The molecular weight excluding hydrogens is 446 g/mol. The van der Waals surface area contributed by atoms with Crippen molar-refractivity contribution in [3.8, 4) is 23.0 Å². The predicted molar refractivity (Wildman–Crippen MR) is 115 cm³/mol. The van der Waals surface area contributed by atoms with E-state index in [0.717, 1.165) is 4.90 Å². The summed E-state index contributed by atoms with van der Waals surface area (Å²) in [4.78, 5) is 48.2. The third kappa shape index (κ3) is 3.55. The van der Waals surface area contributed by atoms with E-state index in [-0.39, 0.29) is 54.3 Å². The molecule has 1 aromatic heterocycles. The second-order valence-electron chi connectivity index (χ2n) is 7.49. The maximum absolute atomic E-state index is 13.4. The largest absolute Gasteiger partial charge is 0.505 e. The summed E-state index contributed by atoms with van der Waals surface area (Å²) in [7, 11) is 0. The number of phenols is 1. The van der Waals surface area contributed by atoms with Gasteiger partial charge < -0.3 is 24.1 Å². The molecule has 2 amide bonds. The number of hydrogen-bond acceptors (Lipinski definition) is 10. The van der Waals surface area contributed by atoms with Crippen LogP contribution in [-0.4, -0.2) is 57.8 Å². The van der Waals surface area contributed by atoms with E-state index in [1.165, 1.54) is 12.4 Å². The second kappa shape index (κ2) is 8.60. The highest BCUT2D eigenvalue weighted by Crippen LogP contribution is 2.43. The van der Waals surface area contributed by atoms with E-state index in [9.17, 15) is 19.5 Å². The summed E-state index contributed by atoms with van der Waals surface area (Å²) in [5.41, 5.74) is 0.0243. The van der Waals surface area contributed by atoms with Gasteiger partial charge in [-0.3, -0.25) is 19.3 Å². The quantitative estimate of drug-likeness (QED) is 0.239. The maximum atomic E-state index is 13.4. The fourth-order valence-corrected chi connectivity index (χ4v) is 3.85. The number of carbonyl (C=O) groups excluding carboxylic acids is 3. The first kappa shape index (κ1) is 21.6. The lowest BCUT2D eigenvalue weighted by molar-refractivity contribution is -0.135. The third-order valence-electron chi connectivity index (χ3n) is 5.42. The van der Waals surface area contributed by atoms with Crippen molar-refractivity contribution >= 4 is 28.8 Å². The number of carbonyl (C=O) groups is 3. The summed E-state index contributed by atoms with van der Waals surface area (Å²) in [5.74, 6) is -1.80. The number of imide groups is 1. The van der Waals surface area contributed by atoms with Crippen molar-refractivity contribution in [1.29, 1.82) is 0 Å². The summed E-state index contributed by atoms with van der Waals surface area (Å²) in [6.07, 6.45) is 2.58. The molecular formula is C23H19N3O8. The smallest absolute Gasteiger partial charge is 0.313 e. The first-order chi connectivity index (χ1) is 16.5. The van der Waals surface area contributed by atoms with Gasteiger partial charge in [0.1, 0.15) is 22.2 Å². The molecule has 0 saturated carbocycles. The average Bonchev–Trinajstić information content (AvgIpc) is 3.40. The van der Waals surface area contributed by atoms with Gasteiger partial charge in [0.05, 0.1) is 19.6 Å². The number of benzene rings is 2. The van der Waals surface area contributed by atoms with Crippen molar-refractivity contribution in [2.75, 3.05) is 20.0 Å². The zero-order chi connectivity index (χ0) is 23.8. The van der Waals surface area contributed by atoms with E-state index < -0.39 is 23.5 Å². The van der Waals surface area contributed by atoms with Crippen LogP contribution in [0.5, 0.6) is 23.0 Å². The van der Waals surface area contributed by atoms with Gasteiger partial charge in [-0.15, -0.1) is 0 Å². The Balaban J connectivity index is 1.54. The number of aromatic hydroxyl groups is 1. The number of hydrogen-bond donors (Lipinski definition) is 1. The first-order valence-electron chi connectivity index (χ1n) is 10.5. The SMILES string of the molecule is CCOCCC(=O)Oc1c2c(c(O)c3nccnc13)C(=O)N(Cc1ccc3c(c1)OCO3)C2=O. The third-order valence-corrected chi connectivity index (χ3v) is 5.42. The molecule has 1 N–H and O–H groups in total. The molecule has 0 aliphatic carbocycles. The lowest BCUT2D eigenvalue weighted by Crippen LogP contribution is -2.29. The van der Waals surface area contributed by atoms with Crippen molar-refractivity contribution in [1.82, 2.24) is 14.9 Å². The number of phenolic OH excluding ortho intramolecular Hbond substituents is 1. The van der Waals surface area contributed by atoms with Crippen molar-refractivity contribution in [3.05, 3.63) is 47.3 Å². The number of ether oxygens (including phenoxy) is 4. The van der Waals surface area contributed by atoms with Gasteiger partial charge in [-0.1, -0.05) is 6.07 Å². The molecule has 34 heavy (non-hydrogen) atoms. The lowest BCUT2D eigenvalue weighted by Gasteiger charge is -2.14. The molecule has 11 nitrogen and oxygen atoms in total. The highest BCUT2D eigenvalue weighted by atomic mass is 16.7. The van der Waals surface area contributed by atoms with Gasteiger partial charge in [0.25, 0.3) is 11.8 Å². The molecule has 11 heteroatoms. The van der Waals surface area contributed by atoms with E-state index >= 15 is 0 Å². The van der Waals surface area contributed by atoms with Crippen LogP contribution < -0.4 is 14.2 Å². The summed E-state index contributed by atoms with van der Waals surface area (Å²) < 4.78 is 21.3. The number of rotatable bonds is 7. The molecule has 0 spiro atoms. The van der Waals surface area contributed by atoms with Crippen LogP contribution in [0.2, 0.25) is 0 Å². The molecule has 0 saturated heterocycles. The molecule has 0 radical (unpaired) electrons. The van der Waals surface area contributed by atoms with Crippen molar-refractivity contribution in [3.63, 3.8) is 0 Å². The van der Waals surface area contributed by atoms with Crippen LogP contribution in [0.25, 0.3) is 11.0 Å². The van der Waals surface area contributed by atoms with Crippen molar-refractivity contribution in [2.24, 2.45) is 0 Å². The minimum atomic E-state index is -0.741. The molecule has 2 aliphatic heterocycles. The lowest BCUT2D eigenvalue weighted by atomic mass is 10.0. The highest BCUT2D eigenvalue weighted by molar-refractivity contribution is 6.26. The maximum Gasteiger partial charge on any atom is 0.313 e. The van der Waals surface area contributed by atoms with Crippen LogP contribution in [0.4, 0.5) is 0 Å². The fraction of sp³-hybridized carbons (Fsp3) is 0.261. The Morgan fingerprint density at radius 3 is 2.62 bits per heavy atom. The number of amides is 2. The van der Waals surface area contributed by atoms with Gasteiger partial charge in [0.15, 0.2) is 23.0 Å². The normalized spacial score (nSPS) is 14.1. The van der Waals surface area contributed by atoms with Crippen molar-refractivity contribution in [2.45, 2.75) is 19.9 Å². The second-order valence-corrected chi connectivity index (χ2v) is 7.49. The zero-order valence-corrected chi connectivity index (χ0v) is 18.1. The Labute approximate surface area is 192 Å².